The van der Waals surface area contributed by atoms with Crippen LogP contribution in [0.15, 0.2) is 16.9 Å². The Morgan fingerprint density at radius 2 is 1.89 bits per heavy atom. The van der Waals surface area contributed by atoms with Crippen LogP contribution in [-0.2, 0) is 55.4 Å². The molecule has 1 atom stereocenters. The summed E-state index contributed by atoms with van der Waals surface area (Å²) in [5.74, 6) is -1.73. The Bertz CT molecular complexity index is 1810. The van der Waals surface area contributed by atoms with Crippen LogP contribution in [0.3, 0.4) is 0 Å². The minimum absolute atomic E-state index is 0.0424. The molecule has 0 radical (unpaired) electrons. The summed E-state index contributed by atoms with van der Waals surface area (Å²) in [7, 11) is 0. The number of aryl methyl sites for hydroxylation is 2. The zero-order valence-electron chi connectivity index (χ0n) is 25.6. The summed E-state index contributed by atoms with van der Waals surface area (Å²) in [5.41, 5.74) is 2.96. The number of esters is 2. The highest BCUT2D eigenvalue weighted by molar-refractivity contribution is 5.93. The first-order valence-electron chi connectivity index (χ1n) is 15.1. The van der Waals surface area contributed by atoms with Gasteiger partial charge in [0, 0.05) is 35.5 Å². The third-order valence-electron chi connectivity index (χ3n) is 8.75. The summed E-state index contributed by atoms with van der Waals surface area (Å²) in [5, 5.41) is 3.56. The summed E-state index contributed by atoms with van der Waals surface area (Å²) >= 11 is 0. The van der Waals surface area contributed by atoms with Gasteiger partial charge in [0.05, 0.1) is 29.0 Å². The van der Waals surface area contributed by atoms with Gasteiger partial charge in [-0.2, -0.15) is 0 Å². The molecule has 232 valence electrons. The van der Waals surface area contributed by atoms with Crippen molar-refractivity contribution in [3.05, 3.63) is 61.7 Å². The first kappa shape index (κ1) is 29.8. The normalized spacial score (nSPS) is 18.3. The van der Waals surface area contributed by atoms with Gasteiger partial charge in [0.1, 0.15) is 18.0 Å². The van der Waals surface area contributed by atoms with Crippen molar-refractivity contribution < 1.29 is 33.0 Å². The Kier molecular flexibility index (Phi) is 7.25. The lowest BCUT2D eigenvalue weighted by Crippen LogP contribution is -2.47. The van der Waals surface area contributed by atoms with Gasteiger partial charge in [0.25, 0.3) is 5.56 Å². The van der Waals surface area contributed by atoms with Crippen LogP contribution in [0, 0.1) is 12.7 Å². The zero-order valence-corrected chi connectivity index (χ0v) is 25.6. The predicted octanol–water partition coefficient (Wildman–Crippen LogP) is 4.87. The van der Waals surface area contributed by atoms with E-state index < -0.39 is 29.2 Å². The molecule has 6 rings (SSSR count). The van der Waals surface area contributed by atoms with Crippen LogP contribution in [0.4, 0.5) is 9.18 Å². The Morgan fingerprint density at radius 1 is 1.14 bits per heavy atom. The number of alkyl carbamates (subject to hydrolysis) is 1. The monoisotopic (exact) mass is 605 g/mol. The number of benzene rings is 1. The smallest absolute Gasteiger partial charge is 0.407 e. The molecule has 10 nitrogen and oxygen atoms in total. The van der Waals surface area contributed by atoms with Gasteiger partial charge in [-0.15, -0.1) is 0 Å². The molecular formula is C33H36FN3O7. The molecule has 1 aliphatic carbocycles. The average Bonchev–Trinajstić information content (AvgIpc) is 3.34. The molecule has 0 fully saturated rings. The van der Waals surface area contributed by atoms with Crippen LogP contribution >= 0.6 is 0 Å². The van der Waals surface area contributed by atoms with E-state index in [9.17, 15) is 23.6 Å². The number of fused-ring (bicyclic) bond motifs is 5. The number of hydrogen-bond donors (Lipinski definition) is 1. The quantitative estimate of drug-likeness (QED) is 0.187. The van der Waals surface area contributed by atoms with Crippen LogP contribution in [0.1, 0.15) is 86.8 Å². The van der Waals surface area contributed by atoms with Crippen molar-refractivity contribution in [1.29, 1.82) is 0 Å². The van der Waals surface area contributed by atoms with Gasteiger partial charge in [0.15, 0.2) is 0 Å². The summed E-state index contributed by atoms with van der Waals surface area (Å²) in [6, 6.07) is 3.17. The van der Waals surface area contributed by atoms with Crippen LogP contribution in [0.25, 0.3) is 22.3 Å². The highest BCUT2D eigenvalue weighted by atomic mass is 19.1. The number of nitrogens with zero attached hydrogens (tertiary/aromatic N) is 2. The Hall–Kier alpha value is -4.28. The number of pyridine rings is 2. The molecule has 0 unspecified atom stereocenters. The standard InChI is InChI=1S/C33H36FN3O7/c1-6-33(43-26(38)11-8-12-35-31(41)44-32(3,4)5)22-13-25-28-20(15-37(25)29(39)21(22)16-42-30(33)40)19-10-7-9-18-17(2)23(34)14-24(36-28)27(18)19/h13-14H,6-12,15-16H2,1-5H3,(H,35,41)/t33-/m0/s1. The largest absolute Gasteiger partial charge is 0.457 e. The second-order valence-corrected chi connectivity index (χ2v) is 12.7. The molecule has 3 aromatic rings. The fraction of sp³-hybridized carbons (Fsp3) is 0.485. The van der Waals surface area contributed by atoms with Crippen LogP contribution in [-0.4, -0.2) is 39.7 Å². The van der Waals surface area contributed by atoms with Gasteiger partial charge < -0.3 is 24.1 Å². The number of nitrogens with one attached hydrogen (secondary N) is 1. The number of ether oxygens (including phenoxy) is 3. The maximum absolute atomic E-state index is 14.9. The van der Waals surface area contributed by atoms with E-state index in [2.05, 4.69) is 5.32 Å². The number of halogens is 1. The molecule has 1 N–H and O–H groups in total. The molecule has 0 spiro atoms. The highest BCUT2D eigenvalue weighted by Crippen LogP contribution is 2.44. The fourth-order valence-corrected chi connectivity index (χ4v) is 6.66. The number of cyclic esters (lactones) is 1. The summed E-state index contributed by atoms with van der Waals surface area (Å²) in [4.78, 5) is 57.0. The van der Waals surface area contributed by atoms with E-state index in [-0.39, 0.29) is 54.9 Å². The number of carbonyl (C=O) groups excluding carboxylic acids is 3. The number of rotatable bonds is 6. The number of hydrogen-bond acceptors (Lipinski definition) is 8. The number of carbonyl (C=O) groups is 3. The van der Waals surface area contributed by atoms with Crippen molar-refractivity contribution in [1.82, 2.24) is 14.9 Å². The minimum atomic E-state index is -1.82. The van der Waals surface area contributed by atoms with Crippen molar-refractivity contribution >= 4 is 28.9 Å². The van der Waals surface area contributed by atoms with Gasteiger partial charge >= 0.3 is 18.0 Å². The van der Waals surface area contributed by atoms with E-state index in [0.717, 1.165) is 41.3 Å². The van der Waals surface area contributed by atoms with Crippen molar-refractivity contribution in [2.24, 2.45) is 0 Å². The Morgan fingerprint density at radius 3 is 2.61 bits per heavy atom. The first-order chi connectivity index (χ1) is 20.8. The fourth-order valence-electron chi connectivity index (χ4n) is 6.66. The van der Waals surface area contributed by atoms with Crippen LogP contribution in [0.5, 0.6) is 0 Å². The molecule has 0 bridgehead atoms. The van der Waals surface area contributed by atoms with E-state index in [4.69, 9.17) is 19.2 Å². The molecular weight excluding hydrogens is 569 g/mol. The Labute approximate surface area is 253 Å². The third-order valence-corrected chi connectivity index (χ3v) is 8.75. The summed E-state index contributed by atoms with van der Waals surface area (Å²) in [6.07, 6.45) is 2.04. The van der Waals surface area contributed by atoms with Crippen LogP contribution in [0.2, 0.25) is 0 Å². The highest BCUT2D eigenvalue weighted by Gasteiger charge is 2.50. The van der Waals surface area contributed by atoms with E-state index in [0.29, 0.717) is 29.0 Å². The Balaban J connectivity index is 1.34. The van der Waals surface area contributed by atoms with E-state index in [1.54, 1.807) is 45.3 Å². The summed E-state index contributed by atoms with van der Waals surface area (Å²) in [6.45, 7) is 8.97. The minimum Gasteiger partial charge on any atom is -0.457 e. The lowest BCUT2D eigenvalue weighted by atomic mass is 9.84. The topological polar surface area (TPSA) is 126 Å². The predicted molar refractivity (Wildman–Crippen MR) is 159 cm³/mol. The molecule has 11 heteroatoms. The van der Waals surface area contributed by atoms with Crippen molar-refractivity contribution in [2.75, 3.05) is 6.54 Å². The second kappa shape index (κ2) is 10.7. The molecule has 2 aliphatic heterocycles. The molecule has 2 aromatic heterocycles. The van der Waals surface area contributed by atoms with Crippen molar-refractivity contribution in [2.45, 2.75) is 97.5 Å². The van der Waals surface area contributed by atoms with E-state index in [1.807, 2.05) is 0 Å². The lowest BCUT2D eigenvalue weighted by Gasteiger charge is -2.35. The number of aromatic nitrogens is 2. The third kappa shape index (κ3) is 4.82. The van der Waals surface area contributed by atoms with E-state index in [1.165, 1.54) is 6.07 Å². The maximum atomic E-state index is 14.9. The van der Waals surface area contributed by atoms with E-state index >= 15 is 0 Å². The number of amides is 1. The lowest BCUT2D eigenvalue weighted by molar-refractivity contribution is -0.189. The molecule has 1 amide bonds. The first-order valence-corrected chi connectivity index (χ1v) is 15.1. The van der Waals surface area contributed by atoms with Gasteiger partial charge in [-0.1, -0.05) is 6.92 Å². The van der Waals surface area contributed by atoms with Crippen molar-refractivity contribution in [3.8, 4) is 11.4 Å². The van der Waals surface area contributed by atoms with Crippen LogP contribution < -0.4 is 10.9 Å². The SMILES string of the molecule is CC[C@@]1(OC(=O)CCCNC(=O)OC(C)(C)C)C(=O)OCc2c1cc1n(c2=O)Cc2c-1nc1cc(F)c(C)c3c1c2CCC3. The maximum Gasteiger partial charge on any atom is 0.407 e. The molecule has 44 heavy (non-hydrogen) atoms. The molecule has 0 saturated carbocycles. The molecule has 1 aromatic carbocycles. The molecule has 0 saturated heterocycles. The average molecular weight is 606 g/mol. The molecule has 3 aliphatic rings. The van der Waals surface area contributed by atoms with Gasteiger partial charge in [-0.25, -0.2) is 19.0 Å². The summed E-state index contributed by atoms with van der Waals surface area (Å²) < 4.78 is 33.0. The van der Waals surface area contributed by atoms with Gasteiger partial charge in [-0.05, 0) is 82.6 Å². The zero-order chi connectivity index (χ0) is 31.6. The second-order valence-electron chi connectivity index (χ2n) is 12.7. The van der Waals surface area contributed by atoms with Gasteiger partial charge in [-0.3, -0.25) is 9.59 Å². The van der Waals surface area contributed by atoms with Gasteiger partial charge in [0.2, 0.25) is 5.60 Å². The molecule has 4 heterocycles. The van der Waals surface area contributed by atoms with Crippen molar-refractivity contribution in [3.63, 3.8) is 0 Å².